The average molecular weight is 262 g/mol. The number of unbranched alkanes of at least 4 members (excludes halogenated alkanes) is 1. The van der Waals surface area contributed by atoms with Gasteiger partial charge in [0.15, 0.2) is 0 Å². The van der Waals surface area contributed by atoms with E-state index < -0.39 is 0 Å². The molecule has 0 bridgehead atoms. The second kappa shape index (κ2) is 8.29. The third-order valence-electron chi connectivity index (χ3n) is 2.82. The van der Waals surface area contributed by atoms with Gasteiger partial charge in [-0.3, -0.25) is 9.59 Å². The first kappa shape index (κ1) is 15.2. The van der Waals surface area contributed by atoms with E-state index in [-0.39, 0.29) is 18.2 Å². The van der Waals surface area contributed by atoms with Crippen LogP contribution < -0.4 is 10.6 Å². The average Bonchev–Trinajstić information content (AvgIpc) is 2.39. The number of nitrogens with one attached hydrogen (secondary N) is 2. The number of carbonyl (C=O) groups excluding carboxylic acids is 2. The second-order valence-corrected chi connectivity index (χ2v) is 4.48. The van der Waals surface area contributed by atoms with Crippen molar-refractivity contribution in [1.29, 1.82) is 0 Å². The number of anilines is 1. The lowest BCUT2D eigenvalue weighted by atomic mass is 10.1. The molecule has 1 aromatic rings. The first-order chi connectivity index (χ1) is 9.15. The Morgan fingerprint density at radius 1 is 1.05 bits per heavy atom. The summed E-state index contributed by atoms with van der Waals surface area (Å²) in [5.41, 5.74) is 1.94. The Hall–Kier alpha value is -1.84. The van der Waals surface area contributed by atoms with Gasteiger partial charge in [-0.1, -0.05) is 32.4 Å². The van der Waals surface area contributed by atoms with Crippen molar-refractivity contribution in [3.63, 3.8) is 0 Å². The molecule has 0 spiro atoms. The Labute approximate surface area is 114 Å². The minimum atomic E-state index is -0.279. The number of amides is 2. The van der Waals surface area contributed by atoms with E-state index in [4.69, 9.17) is 0 Å². The van der Waals surface area contributed by atoms with Gasteiger partial charge < -0.3 is 10.6 Å². The molecule has 0 fully saturated rings. The highest BCUT2D eigenvalue weighted by Crippen LogP contribution is 2.10. The van der Waals surface area contributed by atoms with Crippen LogP contribution in [0.15, 0.2) is 24.3 Å². The number of benzene rings is 1. The van der Waals surface area contributed by atoms with Crippen LogP contribution in [0.2, 0.25) is 0 Å². The van der Waals surface area contributed by atoms with E-state index in [1.54, 1.807) is 0 Å². The molecule has 0 atom stereocenters. The van der Waals surface area contributed by atoms with Gasteiger partial charge in [0.05, 0.1) is 0 Å². The van der Waals surface area contributed by atoms with Gasteiger partial charge in [-0.05, 0) is 30.5 Å². The molecule has 0 aliphatic rings. The van der Waals surface area contributed by atoms with Gasteiger partial charge in [0.25, 0.3) is 0 Å². The van der Waals surface area contributed by atoms with Crippen LogP contribution >= 0.6 is 0 Å². The Bertz CT molecular complexity index is 413. The highest BCUT2D eigenvalue weighted by atomic mass is 16.2. The van der Waals surface area contributed by atoms with Gasteiger partial charge in [-0.2, -0.15) is 0 Å². The van der Waals surface area contributed by atoms with Crippen LogP contribution in [0.5, 0.6) is 0 Å². The van der Waals surface area contributed by atoms with Crippen LogP contribution in [0.1, 0.15) is 38.7 Å². The standard InChI is InChI=1S/C15H22N2O2/c1-3-5-10-16-14(18)11-15(19)17-13-8-6-12(4-2)7-9-13/h6-9H,3-5,10-11H2,1-2H3,(H,16,18)(H,17,19). The van der Waals surface area contributed by atoms with Gasteiger partial charge in [0.2, 0.25) is 11.8 Å². The number of hydrogen-bond acceptors (Lipinski definition) is 2. The molecule has 4 heteroatoms. The number of hydrogen-bond donors (Lipinski definition) is 2. The minimum absolute atomic E-state index is 0.126. The smallest absolute Gasteiger partial charge is 0.233 e. The molecule has 2 amide bonds. The molecule has 4 nitrogen and oxygen atoms in total. The highest BCUT2D eigenvalue weighted by molar-refractivity contribution is 6.03. The largest absolute Gasteiger partial charge is 0.356 e. The summed E-state index contributed by atoms with van der Waals surface area (Å²) in [5.74, 6) is -0.505. The van der Waals surface area contributed by atoms with Gasteiger partial charge in [-0.25, -0.2) is 0 Å². The lowest BCUT2D eigenvalue weighted by Gasteiger charge is -2.06. The molecule has 19 heavy (non-hydrogen) atoms. The maximum atomic E-state index is 11.6. The zero-order valence-corrected chi connectivity index (χ0v) is 11.7. The monoisotopic (exact) mass is 262 g/mol. The predicted octanol–water partition coefficient (Wildman–Crippen LogP) is 2.49. The van der Waals surface area contributed by atoms with E-state index in [0.717, 1.165) is 24.9 Å². The Kier molecular flexibility index (Phi) is 6.64. The van der Waals surface area contributed by atoms with Gasteiger partial charge >= 0.3 is 0 Å². The predicted molar refractivity (Wildman–Crippen MR) is 77.0 cm³/mol. The van der Waals surface area contributed by atoms with E-state index in [2.05, 4.69) is 24.5 Å². The fourth-order valence-electron chi connectivity index (χ4n) is 1.64. The van der Waals surface area contributed by atoms with Crippen molar-refractivity contribution in [3.8, 4) is 0 Å². The van der Waals surface area contributed by atoms with Crippen LogP contribution in [0.25, 0.3) is 0 Å². The number of aryl methyl sites for hydroxylation is 1. The highest BCUT2D eigenvalue weighted by Gasteiger charge is 2.08. The topological polar surface area (TPSA) is 58.2 Å². The minimum Gasteiger partial charge on any atom is -0.356 e. The van der Waals surface area contributed by atoms with E-state index >= 15 is 0 Å². The third-order valence-corrected chi connectivity index (χ3v) is 2.82. The van der Waals surface area contributed by atoms with Gasteiger partial charge in [-0.15, -0.1) is 0 Å². The molecule has 0 aliphatic heterocycles. The second-order valence-electron chi connectivity index (χ2n) is 4.48. The maximum absolute atomic E-state index is 11.6. The Morgan fingerprint density at radius 2 is 1.74 bits per heavy atom. The van der Waals surface area contributed by atoms with Crippen LogP contribution in [0.4, 0.5) is 5.69 Å². The number of carbonyl (C=O) groups is 2. The molecule has 2 N–H and O–H groups in total. The summed E-state index contributed by atoms with van der Waals surface area (Å²) in [6.45, 7) is 4.76. The van der Waals surface area contributed by atoms with E-state index in [1.165, 1.54) is 5.56 Å². The number of rotatable bonds is 7. The quantitative estimate of drug-likeness (QED) is 0.586. The van der Waals surface area contributed by atoms with Crippen molar-refractivity contribution < 1.29 is 9.59 Å². The Balaban J connectivity index is 2.35. The molecule has 104 valence electrons. The summed E-state index contributed by atoms with van der Waals surface area (Å²) in [6, 6.07) is 7.64. The molecule has 0 unspecified atom stereocenters. The first-order valence-electron chi connectivity index (χ1n) is 6.81. The molecular weight excluding hydrogens is 240 g/mol. The SMILES string of the molecule is CCCCNC(=O)CC(=O)Nc1ccc(CC)cc1. The fourth-order valence-corrected chi connectivity index (χ4v) is 1.64. The molecule has 1 rings (SSSR count). The summed E-state index contributed by atoms with van der Waals surface area (Å²) < 4.78 is 0. The summed E-state index contributed by atoms with van der Waals surface area (Å²) in [4.78, 5) is 23.1. The van der Waals surface area contributed by atoms with Crippen LogP contribution in [-0.2, 0) is 16.0 Å². The van der Waals surface area contributed by atoms with Crippen molar-refractivity contribution in [1.82, 2.24) is 5.32 Å². The molecule has 0 saturated carbocycles. The summed E-state index contributed by atoms with van der Waals surface area (Å²) in [5, 5.41) is 5.43. The Morgan fingerprint density at radius 3 is 2.32 bits per heavy atom. The van der Waals surface area contributed by atoms with Crippen LogP contribution in [0.3, 0.4) is 0 Å². The molecule has 0 saturated heterocycles. The maximum Gasteiger partial charge on any atom is 0.233 e. The molecule has 0 aliphatic carbocycles. The van der Waals surface area contributed by atoms with E-state index in [1.807, 2.05) is 24.3 Å². The van der Waals surface area contributed by atoms with Crippen molar-refractivity contribution in [2.24, 2.45) is 0 Å². The normalized spacial score (nSPS) is 10.0. The van der Waals surface area contributed by atoms with Crippen LogP contribution in [0, 0.1) is 0 Å². The van der Waals surface area contributed by atoms with E-state index in [0.29, 0.717) is 6.54 Å². The van der Waals surface area contributed by atoms with E-state index in [9.17, 15) is 9.59 Å². The zero-order valence-electron chi connectivity index (χ0n) is 11.7. The summed E-state index contributed by atoms with van der Waals surface area (Å²) >= 11 is 0. The first-order valence-corrected chi connectivity index (χ1v) is 6.81. The zero-order chi connectivity index (χ0) is 14.1. The van der Waals surface area contributed by atoms with Crippen molar-refractivity contribution in [3.05, 3.63) is 29.8 Å². The molecule has 0 heterocycles. The lowest BCUT2D eigenvalue weighted by Crippen LogP contribution is -2.28. The fraction of sp³-hybridized carbons (Fsp3) is 0.467. The lowest BCUT2D eigenvalue weighted by molar-refractivity contribution is -0.126. The van der Waals surface area contributed by atoms with Crippen molar-refractivity contribution in [2.45, 2.75) is 39.5 Å². The van der Waals surface area contributed by atoms with Crippen LogP contribution in [-0.4, -0.2) is 18.4 Å². The summed E-state index contributed by atoms with van der Waals surface area (Å²) in [6.07, 6.45) is 2.80. The molecular formula is C15H22N2O2. The van der Waals surface area contributed by atoms with Crippen molar-refractivity contribution in [2.75, 3.05) is 11.9 Å². The summed E-state index contributed by atoms with van der Waals surface area (Å²) in [7, 11) is 0. The van der Waals surface area contributed by atoms with Gasteiger partial charge in [0.1, 0.15) is 6.42 Å². The third kappa shape index (κ3) is 6.04. The molecule has 0 aromatic heterocycles. The van der Waals surface area contributed by atoms with Crippen molar-refractivity contribution >= 4 is 17.5 Å². The van der Waals surface area contributed by atoms with Gasteiger partial charge in [0, 0.05) is 12.2 Å². The molecule has 1 aromatic carbocycles. The molecule has 0 radical (unpaired) electrons.